The number of rotatable bonds is 7. The summed E-state index contributed by atoms with van der Waals surface area (Å²) in [6.07, 6.45) is 0.794. The Bertz CT molecular complexity index is 846. The van der Waals surface area contributed by atoms with Crippen molar-refractivity contribution in [2.45, 2.75) is 25.4 Å². The summed E-state index contributed by atoms with van der Waals surface area (Å²) in [7, 11) is 0. The third-order valence-electron chi connectivity index (χ3n) is 4.20. The second-order valence-corrected chi connectivity index (χ2v) is 7.00. The highest BCUT2D eigenvalue weighted by Gasteiger charge is 2.15. The molecule has 0 unspecified atom stereocenters. The summed E-state index contributed by atoms with van der Waals surface area (Å²) in [4.78, 5) is 22.4. The van der Waals surface area contributed by atoms with Crippen molar-refractivity contribution in [3.63, 3.8) is 0 Å². The molecular formula is C21H23N3OS. The topological polar surface area (TPSA) is 49.0 Å². The number of nitrogens with zero attached hydrogens (tertiary/aromatic N) is 2. The molecule has 26 heavy (non-hydrogen) atoms. The van der Waals surface area contributed by atoms with E-state index in [2.05, 4.69) is 22.1 Å². The van der Waals surface area contributed by atoms with Gasteiger partial charge in [0.05, 0.1) is 11.4 Å². The third kappa shape index (κ3) is 4.55. The molecule has 0 radical (unpaired) electrons. The van der Waals surface area contributed by atoms with Crippen molar-refractivity contribution in [3.8, 4) is 0 Å². The van der Waals surface area contributed by atoms with E-state index in [0.717, 1.165) is 28.7 Å². The summed E-state index contributed by atoms with van der Waals surface area (Å²) in [5.41, 5.74) is 4.25. The number of aromatic amines is 1. The predicted octanol–water partition coefficient (Wildman–Crippen LogP) is 4.45. The molecule has 1 N–H and O–H groups in total. The Morgan fingerprint density at radius 1 is 1.08 bits per heavy atom. The minimum atomic E-state index is 0.0855. The molecule has 1 aromatic heterocycles. The van der Waals surface area contributed by atoms with E-state index in [1.54, 1.807) is 4.90 Å². The second-order valence-electron chi connectivity index (χ2n) is 6.04. The van der Waals surface area contributed by atoms with E-state index in [1.165, 1.54) is 17.3 Å². The Balaban J connectivity index is 1.62. The summed E-state index contributed by atoms with van der Waals surface area (Å²) in [5.74, 6) is 0.447. The van der Waals surface area contributed by atoms with Gasteiger partial charge in [-0.1, -0.05) is 60.3 Å². The zero-order valence-corrected chi connectivity index (χ0v) is 15.9. The Morgan fingerprint density at radius 2 is 1.73 bits per heavy atom. The zero-order valence-electron chi connectivity index (χ0n) is 15.1. The standard InChI is InChI=1S/C21H23N3OS/c1-3-24(18-12-8-5-9-13-18)20(25)15-26-21-22-16(2)19(23-21)14-17-10-6-4-7-11-17/h4-13H,3,14-15H2,1-2H3,(H,22,23). The molecule has 0 saturated carbocycles. The first-order chi connectivity index (χ1) is 12.7. The normalized spacial score (nSPS) is 10.7. The van der Waals surface area contributed by atoms with Gasteiger partial charge in [-0.2, -0.15) is 0 Å². The molecule has 2 aromatic carbocycles. The van der Waals surface area contributed by atoms with Crippen LogP contribution in [0, 0.1) is 6.92 Å². The fourth-order valence-electron chi connectivity index (χ4n) is 2.82. The molecule has 0 spiro atoms. The Kier molecular flexibility index (Phi) is 6.12. The lowest BCUT2D eigenvalue weighted by molar-refractivity contribution is -0.116. The number of hydrogen-bond donors (Lipinski definition) is 1. The number of carbonyl (C=O) groups excluding carboxylic acids is 1. The van der Waals surface area contributed by atoms with Gasteiger partial charge in [0.25, 0.3) is 0 Å². The summed E-state index contributed by atoms with van der Waals surface area (Å²) < 4.78 is 0. The van der Waals surface area contributed by atoms with Crippen molar-refractivity contribution in [3.05, 3.63) is 77.6 Å². The van der Waals surface area contributed by atoms with Crippen LogP contribution in [0.4, 0.5) is 5.69 Å². The number of amides is 1. The number of thioether (sulfide) groups is 1. The van der Waals surface area contributed by atoms with Crippen LogP contribution < -0.4 is 4.90 Å². The summed E-state index contributed by atoms with van der Waals surface area (Å²) in [6, 6.07) is 20.1. The fourth-order valence-corrected chi connectivity index (χ4v) is 3.63. The molecule has 0 aliphatic rings. The lowest BCUT2D eigenvalue weighted by Crippen LogP contribution is -2.32. The van der Waals surface area contributed by atoms with E-state index in [1.807, 2.05) is 62.4 Å². The van der Waals surface area contributed by atoms with Crippen LogP contribution in [0.5, 0.6) is 0 Å². The van der Waals surface area contributed by atoms with Gasteiger partial charge in [-0.3, -0.25) is 4.79 Å². The monoisotopic (exact) mass is 365 g/mol. The summed E-state index contributed by atoms with van der Waals surface area (Å²) >= 11 is 1.45. The van der Waals surface area contributed by atoms with Gasteiger partial charge < -0.3 is 9.88 Å². The van der Waals surface area contributed by atoms with Gasteiger partial charge in [-0.05, 0) is 31.5 Å². The van der Waals surface area contributed by atoms with E-state index in [0.29, 0.717) is 12.3 Å². The molecule has 1 heterocycles. The number of benzene rings is 2. The molecule has 0 atom stereocenters. The van der Waals surface area contributed by atoms with Crippen molar-refractivity contribution in [1.29, 1.82) is 0 Å². The molecule has 0 saturated heterocycles. The van der Waals surface area contributed by atoms with Crippen LogP contribution in [-0.2, 0) is 11.2 Å². The largest absolute Gasteiger partial charge is 0.337 e. The van der Waals surface area contributed by atoms with Gasteiger partial charge >= 0.3 is 0 Å². The van der Waals surface area contributed by atoms with Gasteiger partial charge in [0.1, 0.15) is 0 Å². The maximum atomic E-state index is 12.6. The summed E-state index contributed by atoms with van der Waals surface area (Å²) in [5, 5.41) is 0.797. The van der Waals surface area contributed by atoms with Crippen molar-refractivity contribution in [2.75, 3.05) is 17.2 Å². The van der Waals surface area contributed by atoms with E-state index < -0.39 is 0 Å². The van der Waals surface area contributed by atoms with E-state index in [4.69, 9.17) is 0 Å². The number of H-pyrrole nitrogens is 1. The van der Waals surface area contributed by atoms with Crippen molar-refractivity contribution >= 4 is 23.4 Å². The Morgan fingerprint density at radius 3 is 2.38 bits per heavy atom. The predicted molar refractivity (Wildman–Crippen MR) is 108 cm³/mol. The molecule has 3 aromatic rings. The minimum Gasteiger partial charge on any atom is -0.337 e. The first-order valence-corrected chi connectivity index (χ1v) is 9.73. The Labute approximate surface area is 158 Å². The van der Waals surface area contributed by atoms with E-state index in [-0.39, 0.29) is 5.91 Å². The maximum absolute atomic E-state index is 12.6. The highest BCUT2D eigenvalue weighted by atomic mass is 32.2. The first-order valence-electron chi connectivity index (χ1n) is 8.75. The molecule has 0 bridgehead atoms. The number of hydrogen-bond acceptors (Lipinski definition) is 3. The molecule has 5 heteroatoms. The fraction of sp³-hybridized carbons (Fsp3) is 0.238. The number of carbonyl (C=O) groups is 1. The van der Waals surface area contributed by atoms with Gasteiger partial charge in [-0.15, -0.1) is 0 Å². The highest BCUT2D eigenvalue weighted by Crippen LogP contribution is 2.21. The molecule has 1 amide bonds. The third-order valence-corrected chi connectivity index (χ3v) is 5.05. The SMILES string of the molecule is CCN(C(=O)CSc1nc(Cc2ccccc2)c(C)[nH]1)c1ccccc1. The van der Waals surface area contributed by atoms with E-state index >= 15 is 0 Å². The number of aryl methyl sites for hydroxylation is 1. The molecule has 0 fully saturated rings. The Hall–Kier alpha value is -2.53. The summed E-state index contributed by atoms with van der Waals surface area (Å²) in [6.45, 7) is 4.67. The molecule has 0 aliphatic carbocycles. The van der Waals surface area contributed by atoms with Gasteiger partial charge in [0.15, 0.2) is 5.16 Å². The van der Waals surface area contributed by atoms with Crippen LogP contribution in [0.25, 0.3) is 0 Å². The number of nitrogens with one attached hydrogen (secondary N) is 1. The number of para-hydroxylation sites is 1. The first kappa shape index (κ1) is 18.3. The lowest BCUT2D eigenvalue weighted by atomic mass is 10.1. The van der Waals surface area contributed by atoms with Crippen LogP contribution in [0.2, 0.25) is 0 Å². The quantitative estimate of drug-likeness (QED) is 0.629. The second kappa shape index (κ2) is 8.72. The van der Waals surface area contributed by atoms with Crippen molar-refractivity contribution in [2.24, 2.45) is 0 Å². The number of imidazole rings is 1. The average molecular weight is 366 g/mol. The van der Waals surface area contributed by atoms with E-state index in [9.17, 15) is 4.79 Å². The van der Waals surface area contributed by atoms with Crippen molar-refractivity contribution in [1.82, 2.24) is 9.97 Å². The molecule has 3 rings (SSSR count). The number of aromatic nitrogens is 2. The number of anilines is 1. The van der Waals surface area contributed by atoms with Crippen LogP contribution in [-0.4, -0.2) is 28.2 Å². The molecule has 0 aliphatic heterocycles. The van der Waals surface area contributed by atoms with Crippen LogP contribution >= 0.6 is 11.8 Å². The van der Waals surface area contributed by atoms with Crippen molar-refractivity contribution < 1.29 is 4.79 Å². The zero-order chi connectivity index (χ0) is 18.4. The van der Waals surface area contributed by atoms with Gasteiger partial charge in [0, 0.05) is 24.3 Å². The van der Waals surface area contributed by atoms with Gasteiger partial charge in [0.2, 0.25) is 5.91 Å². The lowest BCUT2D eigenvalue weighted by Gasteiger charge is -2.20. The van der Waals surface area contributed by atoms with Crippen LogP contribution in [0.1, 0.15) is 23.9 Å². The molecule has 134 valence electrons. The molecule has 4 nitrogen and oxygen atoms in total. The maximum Gasteiger partial charge on any atom is 0.237 e. The van der Waals surface area contributed by atoms with Crippen LogP contribution in [0.3, 0.4) is 0 Å². The van der Waals surface area contributed by atoms with Crippen LogP contribution in [0.15, 0.2) is 65.8 Å². The average Bonchev–Trinajstić information content (AvgIpc) is 3.02. The smallest absolute Gasteiger partial charge is 0.237 e. The minimum absolute atomic E-state index is 0.0855. The highest BCUT2D eigenvalue weighted by molar-refractivity contribution is 7.99. The molecular weight excluding hydrogens is 342 g/mol. The van der Waals surface area contributed by atoms with Gasteiger partial charge in [-0.25, -0.2) is 4.98 Å².